The van der Waals surface area contributed by atoms with E-state index < -0.39 is 0 Å². The fourth-order valence-electron chi connectivity index (χ4n) is 3.36. The predicted octanol–water partition coefficient (Wildman–Crippen LogP) is 2.41. The smallest absolute Gasteiger partial charge is 0.218 e. The third-order valence-corrected chi connectivity index (χ3v) is 4.79. The molecule has 160 valence electrons. The van der Waals surface area contributed by atoms with Crippen molar-refractivity contribution in [3.63, 3.8) is 0 Å². The van der Waals surface area contributed by atoms with Crippen LogP contribution in [0.2, 0.25) is 0 Å². The molecule has 1 aliphatic rings. The molecule has 2 aromatic heterocycles. The van der Waals surface area contributed by atoms with E-state index in [9.17, 15) is 0 Å². The molecule has 29 heavy (non-hydrogen) atoms. The van der Waals surface area contributed by atoms with Gasteiger partial charge in [0.05, 0.1) is 19.3 Å². The number of pyridine rings is 1. The Labute approximate surface area is 189 Å². The van der Waals surface area contributed by atoms with Gasteiger partial charge in [0.2, 0.25) is 5.88 Å². The molecule has 1 N–H and O–H groups in total. The van der Waals surface area contributed by atoms with E-state index in [1.54, 1.807) is 13.3 Å². The zero-order valence-corrected chi connectivity index (χ0v) is 19.7. The molecule has 3 heterocycles. The summed E-state index contributed by atoms with van der Waals surface area (Å²) in [5.41, 5.74) is 2.26. The number of methoxy groups -OCH3 is 1. The summed E-state index contributed by atoms with van der Waals surface area (Å²) in [4.78, 5) is 11.5. The van der Waals surface area contributed by atoms with Crippen LogP contribution in [-0.2, 0) is 18.3 Å². The Morgan fingerprint density at radius 3 is 2.97 bits per heavy atom. The van der Waals surface area contributed by atoms with Crippen LogP contribution >= 0.6 is 24.0 Å². The summed E-state index contributed by atoms with van der Waals surface area (Å²) in [5.74, 6) is 2.04. The van der Waals surface area contributed by atoms with Crippen LogP contribution in [0.4, 0.5) is 0 Å². The highest BCUT2D eigenvalue weighted by Crippen LogP contribution is 2.27. The fourth-order valence-corrected chi connectivity index (χ4v) is 3.36. The SMILES string of the molecule is CCNC(=NCc1cccnc1OCCOC)N1CCC(c2cnn(C)c2)C1.I. The highest BCUT2D eigenvalue weighted by Gasteiger charge is 2.26. The van der Waals surface area contributed by atoms with Gasteiger partial charge in [-0.3, -0.25) is 4.68 Å². The zero-order chi connectivity index (χ0) is 19.8. The first-order chi connectivity index (χ1) is 13.7. The van der Waals surface area contributed by atoms with Crippen molar-refractivity contribution in [2.45, 2.75) is 25.8 Å². The van der Waals surface area contributed by atoms with Crippen LogP contribution in [0.5, 0.6) is 5.88 Å². The number of likely N-dealkylation sites (tertiary alicyclic amines) is 1. The predicted molar refractivity (Wildman–Crippen MR) is 124 cm³/mol. The van der Waals surface area contributed by atoms with Crippen LogP contribution in [0.25, 0.3) is 0 Å². The van der Waals surface area contributed by atoms with Gasteiger partial charge in [0.1, 0.15) is 6.61 Å². The summed E-state index contributed by atoms with van der Waals surface area (Å²) >= 11 is 0. The van der Waals surface area contributed by atoms with E-state index >= 15 is 0 Å². The van der Waals surface area contributed by atoms with Gasteiger partial charge >= 0.3 is 0 Å². The van der Waals surface area contributed by atoms with Crippen LogP contribution in [0, 0.1) is 0 Å². The number of aryl methyl sites for hydroxylation is 1. The zero-order valence-electron chi connectivity index (χ0n) is 17.4. The van der Waals surface area contributed by atoms with Gasteiger partial charge in [-0.1, -0.05) is 6.07 Å². The van der Waals surface area contributed by atoms with Crippen molar-refractivity contribution in [3.05, 3.63) is 41.9 Å². The summed E-state index contributed by atoms with van der Waals surface area (Å²) < 4.78 is 12.6. The molecule has 8 nitrogen and oxygen atoms in total. The van der Waals surface area contributed by atoms with Crippen LogP contribution in [0.3, 0.4) is 0 Å². The molecule has 1 unspecified atom stereocenters. The minimum absolute atomic E-state index is 0. The quantitative estimate of drug-likeness (QED) is 0.253. The number of ether oxygens (including phenoxy) is 2. The Hall–Kier alpha value is -1.88. The monoisotopic (exact) mass is 514 g/mol. The maximum absolute atomic E-state index is 5.72. The molecule has 0 spiro atoms. The van der Waals surface area contributed by atoms with E-state index in [2.05, 4.69) is 33.4 Å². The number of halogens is 1. The van der Waals surface area contributed by atoms with Crippen molar-refractivity contribution < 1.29 is 9.47 Å². The minimum Gasteiger partial charge on any atom is -0.475 e. The van der Waals surface area contributed by atoms with E-state index in [4.69, 9.17) is 14.5 Å². The molecule has 0 radical (unpaired) electrons. The number of guanidine groups is 1. The molecule has 1 aliphatic heterocycles. The molecule has 0 bridgehead atoms. The van der Waals surface area contributed by atoms with Gasteiger partial charge in [-0.2, -0.15) is 5.10 Å². The average Bonchev–Trinajstić information content (AvgIpc) is 3.35. The molecule has 0 aliphatic carbocycles. The van der Waals surface area contributed by atoms with E-state index in [-0.39, 0.29) is 24.0 Å². The lowest BCUT2D eigenvalue weighted by Gasteiger charge is -2.21. The number of aromatic nitrogens is 3. The van der Waals surface area contributed by atoms with Crippen LogP contribution in [-0.4, -0.2) is 65.6 Å². The van der Waals surface area contributed by atoms with E-state index in [1.807, 2.05) is 30.1 Å². The van der Waals surface area contributed by atoms with Crippen molar-refractivity contribution in [1.82, 2.24) is 25.0 Å². The summed E-state index contributed by atoms with van der Waals surface area (Å²) in [6.07, 6.45) is 6.92. The van der Waals surface area contributed by atoms with Gasteiger partial charge in [0, 0.05) is 57.7 Å². The van der Waals surface area contributed by atoms with Gasteiger partial charge in [-0.25, -0.2) is 9.98 Å². The first-order valence-electron chi connectivity index (χ1n) is 9.78. The van der Waals surface area contributed by atoms with E-state index in [1.165, 1.54) is 5.56 Å². The Balaban J connectivity index is 0.00000300. The summed E-state index contributed by atoms with van der Waals surface area (Å²) in [7, 11) is 3.62. The molecule has 2 aromatic rings. The first kappa shape index (κ1) is 23.4. The van der Waals surface area contributed by atoms with E-state index in [0.717, 1.165) is 37.6 Å². The number of aliphatic imine (C=N–C) groups is 1. The van der Waals surface area contributed by atoms with Crippen molar-refractivity contribution in [2.24, 2.45) is 12.0 Å². The largest absolute Gasteiger partial charge is 0.475 e. The highest BCUT2D eigenvalue weighted by molar-refractivity contribution is 14.0. The van der Waals surface area contributed by atoms with Crippen LogP contribution in [0.15, 0.2) is 35.7 Å². The molecule has 3 rings (SSSR count). The van der Waals surface area contributed by atoms with Crippen molar-refractivity contribution >= 4 is 29.9 Å². The topological polar surface area (TPSA) is 76.8 Å². The van der Waals surface area contributed by atoms with Crippen molar-refractivity contribution in [1.29, 1.82) is 0 Å². The Morgan fingerprint density at radius 1 is 1.38 bits per heavy atom. The molecular weight excluding hydrogens is 483 g/mol. The van der Waals surface area contributed by atoms with E-state index in [0.29, 0.717) is 31.6 Å². The van der Waals surface area contributed by atoms with Gasteiger partial charge in [0.25, 0.3) is 0 Å². The van der Waals surface area contributed by atoms with Gasteiger partial charge in [0.15, 0.2) is 5.96 Å². The second-order valence-electron chi connectivity index (χ2n) is 6.86. The Kier molecular flexibility index (Phi) is 9.65. The number of hydrogen-bond donors (Lipinski definition) is 1. The molecule has 1 saturated heterocycles. The lowest BCUT2D eigenvalue weighted by molar-refractivity contribution is 0.143. The second kappa shape index (κ2) is 12.0. The highest BCUT2D eigenvalue weighted by atomic mass is 127. The molecule has 0 amide bonds. The van der Waals surface area contributed by atoms with Gasteiger partial charge in [-0.05, 0) is 25.0 Å². The average molecular weight is 514 g/mol. The molecule has 1 atom stereocenters. The third-order valence-electron chi connectivity index (χ3n) is 4.79. The number of hydrogen-bond acceptors (Lipinski definition) is 5. The van der Waals surface area contributed by atoms with Crippen molar-refractivity contribution in [2.75, 3.05) is 40.0 Å². The molecular formula is C20H31IN6O2. The lowest BCUT2D eigenvalue weighted by atomic mass is 10.0. The summed E-state index contributed by atoms with van der Waals surface area (Å²) in [6.45, 7) is 6.38. The molecule has 9 heteroatoms. The van der Waals surface area contributed by atoms with Gasteiger partial charge in [-0.15, -0.1) is 24.0 Å². The van der Waals surface area contributed by atoms with Crippen LogP contribution in [0.1, 0.15) is 30.4 Å². The maximum Gasteiger partial charge on any atom is 0.218 e. The second-order valence-corrected chi connectivity index (χ2v) is 6.86. The maximum atomic E-state index is 5.72. The van der Waals surface area contributed by atoms with Crippen molar-refractivity contribution in [3.8, 4) is 5.88 Å². The number of rotatable bonds is 8. The summed E-state index contributed by atoms with van der Waals surface area (Å²) in [6, 6.07) is 3.92. The third kappa shape index (κ3) is 6.56. The first-order valence-corrected chi connectivity index (χ1v) is 9.78. The fraction of sp³-hybridized carbons (Fsp3) is 0.550. The Morgan fingerprint density at radius 2 is 2.24 bits per heavy atom. The number of nitrogens with zero attached hydrogens (tertiary/aromatic N) is 5. The minimum atomic E-state index is 0. The molecule has 1 fully saturated rings. The van der Waals surface area contributed by atoms with Crippen LogP contribution < -0.4 is 10.1 Å². The summed E-state index contributed by atoms with van der Waals surface area (Å²) in [5, 5.41) is 7.72. The number of nitrogens with one attached hydrogen (secondary N) is 1. The standard InChI is InChI=1S/C20H30N6O2.HI/c1-4-21-20(26-9-7-17(15-26)18-13-24-25(2)14-18)23-12-16-6-5-8-22-19(16)28-11-10-27-3;/h5-6,8,13-14,17H,4,7,9-12,15H2,1-3H3,(H,21,23);1H. The normalized spacial score (nSPS) is 16.6. The molecule has 0 aromatic carbocycles. The Bertz CT molecular complexity index is 782. The lowest BCUT2D eigenvalue weighted by Crippen LogP contribution is -2.40. The van der Waals surface area contributed by atoms with Gasteiger partial charge < -0.3 is 19.7 Å². The molecule has 0 saturated carbocycles.